The molecule has 0 aliphatic rings. The Balaban J connectivity index is 0. The second-order valence-electron chi connectivity index (χ2n) is 1.55. The average molecular weight is 175 g/mol. The third-order valence-electron chi connectivity index (χ3n) is 0.800. The molecule has 0 atom stereocenters. The van der Waals surface area contributed by atoms with Crippen LogP contribution >= 0.6 is 12.4 Å². The summed E-state index contributed by atoms with van der Waals surface area (Å²) in [4.78, 5) is 0. The van der Waals surface area contributed by atoms with Crippen molar-refractivity contribution in [3.8, 4) is 0 Å². The minimum Gasteiger partial charge on any atom is -0.430 e. The van der Waals surface area contributed by atoms with Gasteiger partial charge in [0.2, 0.25) is 0 Å². The van der Waals surface area contributed by atoms with Gasteiger partial charge >= 0.3 is 7.69 Å². The molecule has 0 fully saturated rings. The van der Waals surface area contributed by atoms with Gasteiger partial charge in [-0.3, -0.25) is 0 Å². The number of nitrogen functional groups attached to an aromatic ring is 1. The molecule has 0 aliphatic heterocycles. The molecular formula is C6H11BClNO2. The maximum atomic E-state index is 7.12. The maximum absolute atomic E-state index is 7.12. The molecule has 0 radical (unpaired) electrons. The lowest BCUT2D eigenvalue weighted by atomic mass is 10.3. The van der Waals surface area contributed by atoms with Gasteiger partial charge in [0.1, 0.15) is 0 Å². The highest BCUT2D eigenvalue weighted by molar-refractivity contribution is 6.13. The van der Waals surface area contributed by atoms with Crippen LogP contribution in [0.4, 0.5) is 5.69 Å². The highest BCUT2D eigenvalue weighted by Gasteiger charge is 1.72. The summed E-state index contributed by atoms with van der Waals surface area (Å²) in [5, 5.41) is 14.2. The van der Waals surface area contributed by atoms with Crippen molar-refractivity contribution in [3.63, 3.8) is 0 Å². The first-order chi connectivity index (χ1) is 4.81. The monoisotopic (exact) mass is 175 g/mol. The van der Waals surface area contributed by atoms with E-state index in [2.05, 4.69) is 0 Å². The van der Waals surface area contributed by atoms with Crippen LogP contribution in [-0.4, -0.2) is 17.7 Å². The second-order valence-corrected chi connectivity index (χ2v) is 1.55. The molecule has 0 saturated heterocycles. The molecule has 4 N–H and O–H groups in total. The molecule has 0 spiro atoms. The number of rotatable bonds is 0. The predicted molar refractivity (Wildman–Crippen MR) is 49.7 cm³/mol. The Bertz CT molecular complexity index is 162. The Morgan fingerprint density at radius 1 is 1.09 bits per heavy atom. The van der Waals surface area contributed by atoms with Crippen LogP contribution in [0.3, 0.4) is 0 Å². The average Bonchev–Trinajstić information content (AvgIpc) is 1.91. The molecule has 1 rings (SSSR count). The summed E-state index contributed by atoms with van der Waals surface area (Å²) in [6.45, 7) is 0. The quantitative estimate of drug-likeness (QED) is 0.382. The topological polar surface area (TPSA) is 66.5 Å². The SMILES string of the molecule is Cl.Nc1ccccc1.OBO. The van der Waals surface area contributed by atoms with Gasteiger partial charge in [0, 0.05) is 5.69 Å². The maximum Gasteiger partial charge on any atom is 0.432 e. The fourth-order valence-electron chi connectivity index (χ4n) is 0.453. The molecule has 0 aliphatic carbocycles. The minimum absolute atomic E-state index is 0. The fourth-order valence-corrected chi connectivity index (χ4v) is 0.453. The molecule has 0 bridgehead atoms. The van der Waals surface area contributed by atoms with E-state index in [9.17, 15) is 0 Å². The molecular weight excluding hydrogens is 164 g/mol. The van der Waals surface area contributed by atoms with Crippen molar-refractivity contribution in [3.05, 3.63) is 30.3 Å². The van der Waals surface area contributed by atoms with Gasteiger partial charge in [0.05, 0.1) is 0 Å². The Morgan fingerprint density at radius 2 is 1.45 bits per heavy atom. The van der Waals surface area contributed by atoms with E-state index in [1.165, 1.54) is 0 Å². The number of hydrogen-bond acceptors (Lipinski definition) is 3. The van der Waals surface area contributed by atoms with Gasteiger partial charge in [-0.25, -0.2) is 0 Å². The summed E-state index contributed by atoms with van der Waals surface area (Å²) in [5.74, 6) is 0. The number of para-hydroxylation sites is 1. The first-order valence-electron chi connectivity index (χ1n) is 2.83. The summed E-state index contributed by atoms with van der Waals surface area (Å²) < 4.78 is 0. The summed E-state index contributed by atoms with van der Waals surface area (Å²) in [6, 6.07) is 9.49. The standard InChI is InChI=1S/C6H7N.BH3O2.ClH/c7-6-4-2-1-3-5-6;2-1-3;/h1-5H,7H2;1-3H;1H. The molecule has 1 aromatic carbocycles. The van der Waals surface area contributed by atoms with Crippen molar-refractivity contribution in [1.82, 2.24) is 0 Å². The van der Waals surface area contributed by atoms with Crippen LogP contribution < -0.4 is 5.73 Å². The molecule has 1 aromatic rings. The molecule has 62 valence electrons. The first kappa shape index (κ1) is 12.9. The Kier molecular flexibility index (Phi) is 10.9. The number of nitrogens with two attached hydrogens (primary N) is 1. The summed E-state index contributed by atoms with van der Waals surface area (Å²) in [6.07, 6.45) is 0. The highest BCUT2D eigenvalue weighted by Crippen LogP contribution is 1.95. The van der Waals surface area contributed by atoms with E-state index < -0.39 is 7.69 Å². The number of hydrogen-bond donors (Lipinski definition) is 3. The van der Waals surface area contributed by atoms with Gasteiger partial charge in [0.15, 0.2) is 0 Å². The van der Waals surface area contributed by atoms with Crippen molar-refractivity contribution < 1.29 is 10.0 Å². The molecule has 5 heteroatoms. The third-order valence-corrected chi connectivity index (χ3v) is 0.800. The van der Waals surface area contributed by atoms with Crippen LogP contribution in [0.15, 0.2) is 30.3 Å². The molecule has 3 nitrogen and oxygen atoms in total. The Labute approximate surface area is 72.6 Å². The van der Waals surface area contributed by atoms with Crippen molar-refractivity contribution in [2.45, 2.75) is 0 Å². The normalized spacial score (nSPS) is 6.73. The lowest BCUT2D eigenvalue weighted by molar-refractivity contribution is 0.448. The van der Waals surface area contributed by atoms with Crippen molar-refractivity contribution in [2.75, 3.05) is 5.73 Å². The predicted octanol–water partition coefficient (Wildman–Crippen LogP) is -0.0719. The van der Waals surface area contributed by atoms with Gasteiger partial charge < -0.3 is 15.8 Å². The van der Waals surface area contributed by atoms with E-state index >= 15 is 0 Å². The largest absolute Gasteiger partial charge is 0.432 e. The third kappa shape index (κ3) is 9.29. The van der Waals surface area contributed by atoms with E-state index in [1.807, 2.05) is 30.3 Å². The summed E-state index contributed by atoms with van der Waals surface area (Å²) in [7, 11) is -0.750. The van der Waals surface area contributed by atoms with Crippen LogP contribution in [0.25, 0.3) is 0 Å². The molecule has 0 heterocycles. The van der Waals surface area contributed by atoms with E-state index in [0.29, 0.717) is 0 Å². The van der Waals surface area contributed by atoms with Crippen molar-refractivity contribution in [2.24, 2.45) is 0 Å². The van der Waals surface area contributed by atoms with Gasteiger partial charge in [-0.1, -0.05) is 18.2 Å². The number of halogens is 1. The van der Waals surface area contributed by atoms with Crippen LogP contribution in [0.1, 0.15) is 0 Å². The lowest BCUT2D eigenvalue weighted by Gasteiger charge is -1.83. The van der Waals surface area contributed by atoms with Crippen LogP contribution in [0, 0.1) is 0 Å². The van der Waals surface area contributed by atoms with Crippen LogP contribution in [0.5, 0.6) is 0 Å². The lowest BCUT2D eigenvalue weighted by Crippen LogP contribution is -1.79. The van der Waals surface area contributed by atoms with Crippen molar-refractivity contribution >= 4 is 25.8 Å². The molecule has 0 saturated carbocycles. The fraction of sp³-hybridized carbons (Fsp3) is 0. The van der Waals surface area contributed by atoms with E-state index in [1.54, 1.807) is 0 Å². The minimum atomic E-state index is -0.750. The molecule has 0 amide bonds. The molecule has 11 heavy (non-hydrogen) atoms. The van der Waals surface area contributed by atoms with E-state index in [-0.39, 0.29) is 12.4 Å². The number of anilines is 1. The van der Waals surface area contributed by atoms with Crippen LogP contribution in [0.2, 0.25) is 0 Å². The Morgan fingerprint density at radius 3 is 1.64 bits per heavy atom. The summed E-state index contributed by atoms with van der Waals surface area (Å²) >= 11 is 0. The van der Waals surface area contributed by atoms with Crippen molar-refractivity contribution in [1.29, 1.82) is 0 Å². The highest BCUT2D eigenvalue weighted by atomic mass is 35.5. The van der Waals surface area contributed by atoms with Gasteiger partial charge in [-0.15, -0.1) is 12.4 Å². The van der Waals surface area contributed by atoms with Gasteiger partial charge in [-0.2, -0.15) is 0 Å². The zero-order valence-corrected chi connectivity index (χ0v) is 6.79. The molecule has 0 unspecified atom stereocenters. The van der Waals surface area contributed by atoms with E-state index in [0.717, 1.165) is 5.69 Å². The van der Waals surface area contributed by atoms with Crippen LogP contribution in [-0.2, 0) is 0 Å². The summed E-state index contributed by atoms with van der Waals surface area (Å²) in [5.41, 5.74) is 6.18. The number of benzene rings is 1. The second kappa shape index (κ2) is 9.29. The molecule has 0 aromatic heterocycles. The Hall–Kier alpha value is -0.705. The zero-order chi connectivity index (χ0) is 7.82. The first-order valence-corrected chi connectivity index (χ1v) is 2.83. The smallest absolute Gasteiger partial charge is 0.430 e. The van der Waals surface area contributed by atoms with Gasteiger partial charge in [0.25, 0.3) is 0 Å². The van der Waals surface area contributed by atoms with Gasteiger partial charge in [-0.05, 0) is 12.1 Å². The zero-order valence-electron chi connectivity index (χ0n) is 5.97. The van der Waals surface area contributed by atoms with E-state index in [4.69, 9.17) is 15.8 Å².